The van der Waals surface area contributed by atoms with Crippen molar-refractivity contribution in [2.24, 2.45) is 0 Å². The number of benzene rings is 3. The maximum absolute atomic E-state index is 15.2. The molecule has 9 rings (SSSR count). The van der Waals surface area contributed by atoms with Crippen molar-refractivity contribution in [3.05, 3.63) is 110 Å². The number of hydrogen-bond donors (Lipinski definition) is 1. The van der Waals surface area contributed by atoms with Crippen LogP contribution >= 0.6 is 11.6 Å². The SMILES string of the molecule is CC1(C)c2ccc(C3CCN(c4cnc(N5CCN(c6cc(F)c(C7CCC(=O)NC7=O)c(F)c6)CC5)cn4)CC3)cc2-n2c1nc(=O)c1c(Cl)cccc12. The average Bonchev–Trinajstić information content (AvgIpc) is 3.40. The molecule has 4 aliphatic heterocycles. The summed E-state index contributed by atoms with van der Waals surface area (Å²) in [6.45, 7) is 8.12. The summed E-state index contributed by atoms with van der Waals surface area (Å²) in [6, 6.07) is 14.8. The Labute approximate surface area is 321 Å². The summed E-state index contributed by atoms with van der Waals surface area (Å²) < 4.78 is 32.5. The van der Waals surface area contributed by atoms with Gasteiger partial charge in [0.2, 0.25) is 11.8 Å². The summed E-state index contributed by atoms with van der Waals surface area (Å²) in [5, 5.41) is 3.02. The Morgan fingerprint density at radius 2 is 1.47 bits per heavy atom. The highest BCUT2D eigenvalue weighted by molar-refractivity contribution is 6.35. The van der Waals surface area contributed by atoms with Crippen LogP contribution in [0.15, 0.2) is 65.7 Å². The van der Waals surface area contributed by atoms with Crippen molar-refractivity contribution in [2.45, 2.75) is 56.8 Å². The summed E-state index contributed by atoms with van der Waals surface area (Å²) >= 11 is 6.48. The number of carbonyl (C=O) groups is 2. The van der Waals surface area contributed by atoms with Gasteiger partial charge in [-0.15, -0.1) is 0 Å². The van der Waals surface area contributed by atoms with Gasteiger partial charge >= 0.3 is 0 Å². The fourth-order valence-corrected chi connectivity index (χ4v) is 9.11. The van der Waals surface area contributed by atoms with Crippen LogP contribution in [0.25, 0.3) is 16.6 Å². The molecule has 5 aromatic rings. The highest BCUT2D eigenvalue weighted by atomic mass is 35.5. The first kappa shape index (κ1) is 35.3. The van der Waals surface area contributed by atoms with E-state index >= 15 is 8.78 Å². The Kier molecular flexibility index (Phi) is 8.60. The van der Waals surface area contributed by atoms with Crippen molar-refractivity contribution >= 4 is 51.6 Å². The van der Waals surface area contributed by atoms with Crippen molar-refractivity contribution in [2.75, 3.05) is 54.0 Å². The summed E-state index contributed by atoms with van der Waals surface area (Å²) in [7, 11) is 0. The topological polar surface area (TPSA) is 117 Å². The molecule has 3 saturated heterocycles. The lowest BCUT2D eigenvalue weighted by Gasteiger charge is -2.37. The molecule has 0 radical (unpaired) electrons. The first-order valence-electron chi connectivity index (χ1n) is 18.7. The van der Waals surface area contributed by atoms with Crippen LogP contribution in [0.3, 0.4) is 0 Å². The Hall–Kier alpha value is -5.43. The van der Waals surface area contributed by atoms with E-state index in [2.05, 4.69) is 56.7 Å². The molecule has 4 aliphatic rings. The normalized spacial score (nSPS) is 19.8. The second kappa shape index (κ2) is 13.4. The largest absolute Gasteiger partial charge is 0.368 e. The first-order valence-corrected chi connectivity index (χ1v) is 19.1. The Morgan fingerprint density at radius 1 is 0.818 bits per heavy atom. The summed E-state index contributed by atoms with van der Waals surface area (Å²) in [4.78, 5) is 57.2. The van der Waals surface area contributed by atoms with Crippen LogP contribution in [0.1, 0.15) is 73.9 Å². The quantitative estimate of drug-likeness (QED) is 0.216. The van der Waals surface area contributed by atoms with Crippen LogP contribution in [0, 0.1) is 11.6 Å². The molecule has 1 N–H and O–H groups in total. The number of anilines is 3. The standard InChI is InChI=1S/C41H39ClF2N8O3/c1-41(2)27-8-6-24(18-32(27)52-31-5-3-4-28(42)37(31)39(55)48-40(41)52)23-10-12-50(13-11-23)33-21-46-34(22-45-33)51-16-14-49(15-17-51)25-19-29(43)36(30(44)20-25)26-7-9-35(53)47-38(26)54/h3-6,8,18-23,26H,7,9-17H2,1-2H3,(H,47,53,54). The molecule has 14 heteroatoms. The lowest BCUT2D eigenvalue weighted by Crippen LogP contribution is -2.47. The number of halogens is 3. The van der Waals surface area contributed by atoms with E-state index in [0.29, 0.717) is 48.2 Å². The summed E-state index contributed by atoms with van der Waals surface area (Å²) in [5.74, 6) is -1.04. The van der Waals surface area contributed by atoms with Crippen LogP contribution in [-0.4, -0.2) is 70.6 Å². The highest BCUT2D eigenvalue weighted by Gasteiger charge is 2.39. The van der Waals surface area contributed by atoms with Crippen molar-refractivity contribution < 1.29 is 18.4 Å². The van der Waals surface area contributed by atoms with Crippen molar-refractivity contribution in [3.8, 4) is 5.69 Å². The molecule has 0 spiro atoms. The van der Waals surface area contributed by atoms with E-state index in [-0.39, 0.29) is 24.0 Å². The fraction of sp³-hybridized carbons (Fsp3) is 0.366. The predicted octanol–water partition coefficient (Wildman–Crippen LogP) is 5.98. The van der Waals surface area contributed by atoms with Crippen molar-refractivity contribution in [3.63, 3.8) is 0 Å². The minimum Gasteiger partial charge on any atom is -0.368 e. The molecule has 2 aromatic heterocycles. The van der Waals surface area contributed by atoms with Crippen LogP contribution < -0.4 is 25.6 Å². The van der Waals surface area contributed by atoms with Gasteiger partial charge in [0.15, 0.2) is 0 Å². The monoisotopic (exact) mass is 764 g/mol. The van der Waals surface area contributed by atoms with E-state index in [9.17, 15) is 14.4 Å². The van der Waals surface area contributed by atoms with E-state index in [0.717, 1.165) is 60.2 Å². The van der Waals surface area contributed by atoms with Gasteiger partial charge in [0.1, 0.15) is 29.1 Å². The number of aromatic nitrogens is 4. The second-order valence-corrected chi connectivity index (χ2v) is 15.8. The van der Waals surface area contributed by atoms with Gasteiger partial charge in [-0.05, 0) is 80.5 Å². The number of fused-ring (bicyclic) bond motifs is 5. The van der Waals surface area contributed by atoms with Gasteiger partial charge in [-0.25, -0.2) is 18.7 Å². The zero-order valence-corrected chi connectivity index (χ0v) is 31.2. The molecule has 1 atom stereocenters. The van der Waals surface area contributed by atoms with Gasteiger partial charge < -0.3 is 14.7 Å². The van der Waals surface area contributed by atoms with E-state index in [1.165, 1.54) is 17.7 Å². The molecule has 55 heavy (non-hydrogen) atoms. The molecule has 0 aliphatic carbocycles. The molecule has 1 unspecified atom stereocenters. The number of piperidine rings is 2. The van der Waals surface area contributed by atoms with Gasteiger partial charge in [-0.1, -0.05) is 29.8 Å². The van der Waals surface area contributed by atoms with Gasteiger partial charge in [0, 0.05) is 56.9 Å². The number of rotatable bonds is 5. The number of carbonyl (C=O) groups excluding carboxylic acids is 2. The van der Waals surface area contributed by atoms with Crippen LogP contribution in [-0.2, 0) is 15.0 Å². The summed E-state index contributed by atoms with van der Waals surface area (Å²) in [5.41, 5.74) is 3.59. The Bertz CT molecular complexity index is 2420. The predicted molar refractivity (Wildman–Crippen MR) is 207 cm³/mol. The Balaban J connectivity index is 0.839. The first-order chi connectivity index (χ1) is 26.5. The second-order valence-electron chi connectivity index (χ2n) is 15.4. The highest BCUT2D eigenvalue weighted by Crippen LogP contribution is 2.45. The van der Waals surface area contributed by atoms with Crippen molar-refractivity contribution in [1.29, 1.82) is 0 Å². The zero-order valence-electron chi connectivity index (χ0n) is 30.5. The maximum atomic E-state index is 15.2. The van der Waals surface area contributed by atoms with E-state index in [4.69, 9.17) is 21.6 Å². The minimum atomic E-state index is -1.03. The molecule has 2 amide bonds. The van der Waals surface area contributed by atoms with E-state index < -0.39 is 34.8 Å². The number of imide groups is 1. The summed E-state index contributed by atoms with van der Waals surface area (Å²) in [6.07, 6.45) is 5.64. The van der Waals surface area contributed by atoms with Gasteiger partial charge in [0.05, 0.1) is 45.3 Å². The maximum Gasteiger partial charge on any atom is 0.282 e. The average molecular weight is 765 g/mol. The molecule has 3 fully saturated rings. The minimum absolute atomic E-state index is 0.0472. The van der Waals surface area contributed by atoms with Crippen LogP contribution in [0.5, 0.6) is 0 Å². The molecular formula is C41H39ClF2N8O3. The molecule has 11 nitrogen and oxygen atoms in total. The third-order valence-corrected chi connectivity index (χ3v) is 12.2. The third kappa shape index (κ3) is 5.99. The van der Waals surface area contributed by atoms with E-state index in [1.54, 1.807) is 12.3 Å². The molecule has 0 saturated carbocycles. The van der Waals surface area contributed by atoms with Gasteiger partial charge in [0.25, 0.3) is 5.56 Å². The molecular weight excluding hydrogens is 726 g/mol. The third-order valence-electron chi connectivity index (χ3n) is 11.9. The molecule has 0 bridgehead atoms. The number of piperazine rings is 1. The number of nitrogens with zero attached hydrogens (tertiary/aromatic N) is 7. The van der Waals surface area contributed by atoms with Gasteiger partial charge in [-0.2, -0.15) is 4.98 Å². The zero-order chi connectivity index (χ0) is 38.2. The lowest BCUT2D eigenvalue weighted by atomic mass is 9.83. The fourth-order valence-electron chi connectivity index (χ4n) is 8.86. The van der Waals surface area contributed by atoms with Crippen LogP contribution in [0.2, 0.25) is 5.02 Å². The molecule has 3 aromatic carbocycles. The smallest absolute Gasteiger partial charge is 0.282 e. The van der Waals surface area contributed by atoms with Crippen molar-refractivity contribution in [1.82, 2.24) is 24.8 Å². The number of hydrogen-bond acceptors (Lipinski definition) is 9. The molecule has 6 heterocycles. The van der Waals surface area contributed by atoms with Crippen LogP contribution in [0.4, 0.5) is 26.1 Å². The lowest BCUT2D eigenvalue weighted by molar-refractivity contribution is -0.134. The van der Waals surface area contributed by atoms with Gasteiger partial charge in [-0.3, -0.25) is 24.3 Å². The molecule has 282 valence electrons. The van der Waals surface area contributed by atoms with E-state index in [1.807, 2.05) is 23.2 Å². The number of amides is 2. The number of nitrogens with one attached hydrogen (secondary N) is 1. The Morgan fingerprint density at radius 3 is 2.13 bits per heavy atom.